The highest BCUT2D eigenvalue weighted by Gasteiger charge is 2.23. The van der Waals surface area contributed by atoms with Crippen LogP contribution in [0.4, 0.5) is 0 Å². The van der Waals surface area contributed by atoms with Crippen molar-refractivity contribution >= 4 is 11.3 Å². The van der Waals surface area contributed by atoms with E-state index in [1.807, 2.05) is 11.3 Å². The van der Waals surface area contributed by atoms with Crippen LogP contribution in [0, 0.1) is 0 Å². The molecular weight excluding hydrogens is 262 g/mol. The highest BCUT2D eigenvalue weighted by molar-refractivity contribution is 7.10. The van der Waals surface area contributed by atoms with Gasteiger partial charge in [-0.2, -0.15) is 0 Å². The van der Waals surface area contributed by atoms with E-state index in [2.05, 4.69) is 48.0 Å². The second-order valence-corrected chi connectivity index (χ2v) is 6.65. The first-order chi connectivity index (χ1) is 9.88. The Kier molecular flexibility index (Phi) is 4.54. The van der Waals surface area contributed by atoms with Crippen LogP contribution in [0.25, 0.3) is 0 Å². The van der Waals surface area contributed by atoms with E-state index < -0.39 is 0 Å². The molecule has 1 aromatic carbocycles. The molecule has 0 aliphatic heterocycles. The number of hydrogen-bond donors (Lipinski definition) is 1. The topological polar surface area (TPSA) is 12.0 Å². The first-order valence-corrected chi connectivity index (χ1v) is 8.60. The van der Waals surface area contributed by atoms with Crippen LogP contribution >= 0.6 is 11.3 Å². The lowest BCUT2D eigenvalue weighted by molar-refractivity contribution is 0.585. The van der Waals surface area contributed by atoms with Gasteiger partial charge in [0.15, 0.2) is 0 Å². The SMILES string of the molecule is CCCNCc1csc2c1CCC(c1ccccc1)C2. The van der Waals surface area contributed by atoms with Gasteiger partial charge in [-0.1, -0.05) is 37.3 Å². The van der Waals surface area contributed by atoms with E-state index in [0.717, 1.165) is 19.0 Å². The van der Waals surface area contributed by atoms with Crippen LogP contribution in [-0.4, -0.2) is 6.54 Å². The summed E-state index contributed by atoms with van der Waals surface area (Å²) in [7, 11) is 0. The van der Waals surface area contributed by atoms with E-state index >= 15 is 0 Å². The third-order valence-corrected chi connectivity index (χ3v) is 5.36. The van der Waals surface area contributed by atoms with E-state index in [0.29, 0.717) is 0 Å². The van der Waals surface area contributed by atoms with E-state index in [1.165, 1.54) is 31.2 Å². The van der Waals surface area contributed by atoms with Crippen LogP contribution in [-0.2, 0) is 19.4 Å². The fourth-order valence-corrected chi connectivity index (χ4v) is 4.32. The molecule has 1 heterocycles. The van der Waals surface area contributed by atoms with Crippen molar-refractivity contribution in [3.05, 3.63) is 57.3 Å². The molecular formula is C18H23NS. The van der Waals surface area contributed by atoms with Crippen molar-refractivity contribution in [1.29, 1.82) is 0 Å². The van der Waals surface area contributed by atoms with Gasteiger partial charge in [-0.3, -0.25) is 0 Å². The molecule has 1 N–H and O–H groups in total. The van der Waals surface area contributed by atoms with Gasteiger partial charge in [-0.25, -0.2) is 0 Å². The van der Waals surface area contributed by atoms with Crippen LogP contribution in [0.5, 0.6) is 0 Å². The predicted molar refractivity (Wildman–Crippen MR) is 87.5 cm³/mol. The predicted octanol–water partition coefficient (Wildman–Crippen LogP) is 4.52. The lowest BCUT2D eigenvalue weighted by Crippen LogP contribution is -2.16. The van der Waals surface area contributed by atoms with Gasteiger partial charge in [0.05, 0.1) is 0 Å². The van der Waals surface area contributed by atoms with Gasteiger partial charge in [0.1, 0.15) is 0 Å². The molecule has 1 atom stereocenters. The molecule has 2 aromatic rings. The normalized spacial score (nSPS) is 17.9. The van der Waals surface area contributed by atoms with Gasteiger partial charge in [0.2, 0.25) is 0 Å². The second kappa shape index (κ2) is 6.55. The third-order valence-electron chi connectivity index (χ3n) is 4.26. The summed E-state index contributed by atoms with van der Waals surface area (Å²) in [6.45, 7) is 4.40. The summed E-state index contributed by atoms with van der Waals surface area (Å²) in [6, 6.07) is 11.0. The maximum Gasteiger partial charge on any atom is 0.0216 e. The lowest BCUT2D eigenvalue weighted by Gasteiger charge is -2.23. The van der Waals surface area contributed by atoms with Crippen molar-refractivity contribution in [2.24, 2.45) is 0 Å². The fraction of sp³-hybridized carbons (Fsp3) is 0.444. The highest BCUT2D eigenvalue weighted by atomic mass is 32.1. The standard InChI is InChI=1S/C18H23NS/c1-2-10-19-12-16-13-20-18-11-15(8-9-17(16)18)14-6-4-3-5-7-14/h3-7,13,15,19H,2,8-12H2,1H3. The number of nitrogens with one attached hydrogen (secondary N) is 1. The Balaban J connectivity index is 1.70. The summed E-state index contributed by atoms with van der Waals surface area (Å²) in [5.41, 5.74) is 4.70. The summed E-state index contributed by atoms with van der Waals surface area (Å²) in [5, 5.41) is 5.91. The van der Waals surface area contributed by atoms with Crippen LogP contribution < -0.4 is 5.32 Å². The molecule has 3 rings (SSSR count). The molecule has 0 saturated carbocycles. The molecule has 0 saturated heterocycles. The van der Waals surface area contributed by atoms with Gasteiger partial charge >= 0.3 is 0 Å². The Morgan fingerprint density at radius 3 is 2.90 bits per heavy atom. The summed E-state index contributed by atoms with van der Waals surface area (Å²) in [6.07, 6.45) is 5.00. The third kappa shape index (κ3) is 2.97. The van der Waals surface area contributed by atoms with Crippen molar-refractivity contribution < 1.29 is 0 Å². The van der Waals surface area contributed by atoms with Crippen LogP contribution in [0.2, 0.25) is 0 Å². The zero-order valence-electron chi connectivity index (χ0n) is 12.2. The highest BCUT2D eigenvalue weighted by Crippen LogP contribution is 2.37. The summed E-state index contributed by atoms with van der Waals surface area (Å²) < 4.78 is 0. The Morgan fingerprint density at radius 2 is 2.10 bits per heavy atom. The van der Waals surface area contributed by atoms with Crippen LogP contribution in [0.1, 0.15) is 47.3 Å². The zero-order valence-corrected chi connectivity index (χ0v) is 13.0. The Hall–Kier alpha value is -1.12. The molecule has 1 nitrogen and oxygen atoms in total. The van der Waals surface area contributed by atoms with E-state index in [4.69, 9.17) is 0 Å². The monoisotopic (exact) mass is 285 g/mol. The number of fused-ring (bicyclic) bond motifs is 1. The second-order valence-electron chi connectivity index (χ2n) is 5.69. The average Bonchev–Trinajstić information content (AvgIpc) is 2.91. The van der Waals surface area contributed by atoms with E-state index in [9.17, 15) is 0 Å². The van der Waals surface area contributed by atoms with Crippen molar-refractivity contribution in [2.45, 2.75) is 45.1 Å². The minimum absolute atomic E-state index is 0.721. The Labute approximate surface area is 126 Å². The maximum atomic E-state index is 3.54. The Bertz CT molecular complexity index is 544. The number of thiophene rings is 1. The first kappa shape index (κ1) is 13.8. The molecule has 2 heteroatoms. The van der Waals surface area contributed by atoms with Crippen LogP contribution in [0.15, 0.2) is 35.7 Å². The molecule has 1 aromatic heterocycles. The average molecular weight is 285 g/mol. The minimum Gasteiger partial charge on any atom is -0.313 e. The van der Waals surface area contributed by atoms with Gasteiger partial charge in [-0.05, 0) is 60.2 Å². The molecule has 1 unspecified atom stereocenters. The molecule has 106 valence electrons. The summed E-state index contributed by atoms with van der Waals surface area (Å²) >= 11 is 1.97. The first-order valence-electron chi connectivity index (χ1n) is 7.72. The molecule has 0 fully saturated rings. The fourth-order valence-electron chi connectivity index (χ4n) is 3.14. The molecule has 0 bridgehead atoms. The molecule has 1 aliphatic rings. The maximum absolute atomic E-state index is 3.54. The van der Waals surface area contributed by atoms with Crippen molar-refractivity contribution in [2.75, 3.05) is 6.54 Å². The summed E-state index contributed by atoms with van der Waals surface area (Å²) in [4.78, 5) is 1.62. The van der Waals surface area contributed by atoms with Crippen LogP contribution in [0.3, 0.4) is 0 Å². The molecule has 0 radical (unpaired) electrons. The smallest absolute Gasteiger partial charge is 0.0216 e. The lowest BCUT2D eigenvalue weighted by atomic mass is 9.83. The number of hydrogen-bond acceptors (Lipinski definition) is 2. The summed E-state index contributed by atoms with van der Waals surface area (Å²) in [5.74, 6) is 0.721. The van der Waals surface area contributed by atoms with Crippen molar-refractivity contribution in [3.8, 4) is 0 Å². The largest absolute Gasteiger partial charge is 0.313 e. The molecule has 1 aliphatic carbocycles. The number of benzene rings is 1. The van der Waals surface area contributed by atoms with Crippen molar-refractivity contribution in [1.82, 2.24) is 5.32 Å². The van der Waals surface area contributed by atoms with Gasteiger partial charge in [0, 0.05) is 11.4 Å². The van der Waals surface area contributed by atoms with E-state index in [-0.39, 0.29) is 0 Å². The quantitative estimate of drug-likeness (QED) is 0.796. The minimum atomic E-state index is 0.721. The molecule has 0 amide bonds. The van der Waals surface area contributed by atoms with Crippen molar-refractivity contribution in [3.63, 3.8) is 0 Å². The van der Waals surface area contributed by atoms with Gasteiger partial charge in [-0.15, -0.1) is 11.3 Å². The van der Waals surface area contributed by atoms with E-state index in [1.54, 1.807) is 16.0 Å². The molecule has 20 heavy (non-hydrogen) atoms. The Morgan fingerprint density at radius 1 is 1.25 bits per heavy atom. The zero-order chi connectivity index (χ0) is 13.8. The molecule has 0 spiro atoms. The number of rotatable bonds is 5. The van der Waals surface area contributed by atoms with Gasteiger partial charge in [0.25, 0.3) is 0 Å². The van der Waals surface area contributed by atoms with Gasteiger partial charge < -0.3 is 5.32 Å².